The summed E-state index contributed by atoms with van der Waals surface area (Å²) in [7, 11) is 0. The molecule has 2 amide bonds. The standard InChI is InChI=1S/C22H19N7O2/c30-21(18-13-17(24-25-18)14-11-12-14)26-27-22(31)19-23-20(15-7-3-1-4-8-15)29(28-19)16-9-5-2-6-10-16/h1-10,13-14H,11-12H2,(H,24,25)(H,26,30)(H,27,31). The highest BCUT2D eigenvalue weighted by Gasteiger charge is 2.26. The molecule has 2 aromatic heterocycles. The van der Waals surface area contributed by atoms with Gasteiger partial charge < -0.3 is 0 Å². The predicted molar refractivity (Wildman–Crippen MR) is 112 cm³/mol. The average molecular weight is 413 g/mol. The second-order valence-electron chi connectivity index (χ2n) is 7.26. The molecule has 1 saturated carbocycles. The number of hydrazine groups is 1. The molecule has 1 aliphatic carbocycles. The summed E-state index contributed by atoms with van der Waals surface area (Å²) >= 11 is 0. The van der Waals surface area contributed by atoms with E-state index in [1.165, 1.54) is 0 Å². The number of nitrogens with zero attached hydrogens (tertiary/aromatic N) is 4. The molecule has 0 radical (unpaired) electrons. The smallest absolute Gasteiger partial charge is 0.281 e. The molecule has 9 heteroatoms. The fourth-order valence-corrected chi connectivity index (χ4v) is 3.22. The van der Waals surface area contributed by atoms with Gasteiger partial charge in [-0.05, 0) is 31.0 Å². The van der Waals surface area contributed by atoms with Crippen LogP contribution in [0.5, 0.6) is 0 Å². The van der Waals surface area contributed by atoms with Gasteiger partial charge in [-0.1, -0.05) is 48.5 Å². The second-order valence-corrected chi connectivity index (χ2v) is 7.26. The van der Waals surface area contributed by atoms with Crippen molar-refractivity contribution >= 4 is 11.8 Å². The molecule has 0 saturated heterocycles. The minimum Gasteiger partial charge on any atom is -0.281 e. The van der Waals surface area contributed by atoms with Crippen LogP contribution in [-0.4, -0.2) is 36.8 Å². The van der Waals surface area contributed by atoms with Gasteiger partial charge in [-0.15, -0.1) is 5.10 Å². The number of carbonyl (C=O) groups excluding carboxylic acids is 2. The van der Waals surface area contributed by atoms with Crippen molar-refractivity contribution in [1.29, 1.82) is 0 Å². The second kappa shape index (κ2) is 7.86. The van der Waals surface area contributed by atoms with E-state index in [0.717, 1.165) is 29.8 Å². The van der Waals surface area contributed by atoms with Crippen LogP contribution in [0.1, 0.15) is 45.6 Å². The number of aromatic nitrogens is 5. The molecule has 0 unspecified atom stereocenters. The molecule has 2 aromatic carbocycles. The van der Waals surface area contributed by atoms with E-state index < -0.39 is 11.8 Å². The Hall–Kier alpha value is -4.27. The maximum absolute atomic E-state index is 12.6. The molecule has 0 aliphatic heterocycles. The summed E-state index contributed by atoms with van der Waals surface area (Å²) < 4.78 is 1.60. The number of amides is 2. The van der Waals surface area contributed by atoms with Crippen LogP contribution in [0.2, 0.25) is 0 Å². The molecule has 0 spiro atoms. The third-order valence-electron chi connectivity index (χ3n) is 4.98. The third-order valence-corrected chi connectivity index (χ3v) is 4.98. The average Bonchev–Trinajstić information content (AvgIpc) is 3.37. The Morgan fingerprint density at radius 3 is 2.32 bits per heavy atom. The molecule has 4 aromatic rings. The Morgan fingerprint density at radius 1 is 0.935 bits per heavy atom. The van der Waals surface area contributed by atoms with Crippen molar-refractivity contribution in [3.63, 3.8) is 0 Å². The summed E-state index contributed by atoms with van der Waals surface area (Å²) in [6, 6.07) is 20.6. The zero-order chi connectivity index (χ0) is 21.2. The Balaban J connectivity index is 1.36. The summed E-state index contributed by atoms with van der Waals surface area (Å²) in [6.45, 7) is 0. The number of nitrogens with one attached hydrogen (secondary N) is 3. The van der Waals surface area contributed by atoms with Crippen LogP contribution in [0.25, 0.3) is 17.1 Å². The molecule has 154 valence electrons. The molecule has 1 fully saturated rings. The van der Waals surface area contributed by atoms with E-state index >= 15 is 0 Å². The number of para-hydroxylation sites is 1. The normalized spacial score (nSPS) is 13.0. The summed E-state index contributed by atoms with van der Waals surface area (Å²) in [4.78, 5) is 29.3. The van der Waals surface area contributed by atoms with Gasteiger partial charge >= 0.3 is 5.91 Å². The summed E-state index contributed by atoms with van der Waals surface area (Å²) in [5, 5.41) is 11.2. The van der Waals surface area contributed by atoms with Crippen LogP contribution < -0.4 is 10.9 Å². The van der Waals surface area contributed by atoms with Gasteiger partial charge in [-0.3, -0.25) is 25.5 Å². The maximum Gasteiger partial charge on any atom is 0.309 e. The van der Waals surface area contributed by atoms with Crippen LogP contribution in [0.4, 0.5) is 0 Å². The largest absolute Gasteiger partial charge is 0.309 e. The molecule has 0 bridgehead atoms. The molecule has 5 rings (SSSR count). The first-order valence-corrected chi connectivity index (χ1v) is 9.93. The maximum atomic E-state index is 12.6. The van der Waals surface area contributed by atoms with Gasteiger partial charge in [0.15, 0.2) is 11.5 Å². The van der Waals surface area contributed by atoms with Gasteiger partial charge in [0.05, 0.1) is 5.69 Å². The van der Waals surface area contributed by atoms with Crippen LogP contribution in [-0.2, 0) is 0 Å². The van der Waals surface area contributed by atoms with Crippen molar-refractivity contribution in [1.82, 2.24) is 35.8 Å². The van der Waals surface area contributed by atoms with Gasteiger partial charge in [0.25, 0.3) is 5.91 Å². The molecule has 31 heavy (non-hydrogen) atoms. The summed E-state index contributed by atoms with van der Waals surface area (Å²) in [5.41, 5.74) is 7.46. The number of aromatic amines is 1. The van der Waals surface area contributed by atoms with E-state index in [0.29, 0.717) is 11.7 Å². The van der Waals surface area contributed by atoms with E-state index in [4.69, 9.17) is 0 Å². The first-order valence-electron chi connectivity index (χ1n) is 9.93. The highest BCUT2D eigenvalue weighted by Crippen LogP contribution is 2.38. The number of benzene rings is 2. The Bertz CT molecular complexity index is 1170. The third kappa shape index (κ3) is 3.93. The molecule has 9 nitrogen and oxygen atoms in total. The van der Waals surface area contributed by atoms with Crippen LogP contribution in [0.15, 0.2) is 66.7 Å². The fourth-order valence-electron chi connectivity index (χ4n) is 3.22. The molecular weight excluding hydrogens is 394 g/mol. The van der Waals surface area contributed by atoms with Crippen molar-refractivity contribution in [3.8, 4) is 17.1 Å². The van der Waals surface area contributed by atoms with E-state index in [-0.39, 0.29) is 11.5 Å². The Labute approximate surface area is 177 Å². The zero-order valence-electron chi connectivity index (χ0n) is 16.4. The van der Waals surface area contributed by atoms with E-state index in [1.54, 1.807) is 10.7 Å². The summed E-state index contributed by atoms with van der Waals surface area (Å²) in [5.74, 6) is -0.236. The van der Waals surface area contributed by atoms with Gasteiger partial charge in [-0.25, -0.2) is 9.67 Å². The Kier molecular flexibility index (Phi) is 4.75. The lowest BCUT2D eigenvalue weighted by atomic mass is 10.2. The molecule has 2 heterocycles. The minimum atomic E-state index is -0.627. The zero-order valence-corrected chi connectivity index (χ0v) is 16.4. The van der Waals surface area contributed by atoms with E-state index in [9.17, 15) is 9.59 Å². The van der Waals surface area contributed by atoms with Crippen molar-refractivity contribution < 1.29 is 9.59 Å². The van der Waals surface area contributed by atoms with Gasteiger partial charge in [0.2, 0.25) is 5.82 Å². The van der Waals surface area contributed by atoms with Gasteiger partial charge in [-0.2, -0.15) is 5.10 Å². The fraction of sp³-hybridized carbons (Fsp3) is 0.136. The number of hydrogen-bond acceptors (Lipinski definition) is 5. The lowest BCUT2D eigenvalue weighted by Crippen LogP contribution is -2.42. The molecule has 0 atom stereocenters. The van der Waals surface area contributed by atoms with E-state index in [2.05, 4.69) is 31.1 Å². The van der Waals surface area contributed by atoms with Crippen LogP contribution in [0.3, 0.4) is 0 Å². The number of H-pyrrole nitrogens is 1. The monoisotopic (exact) mass is 413 g/mol. The first kappa shape index (κ1) is 18.7. The van der Waals surface area contributed by atoms with Crippen molar-refractivity contribution in [3.05, 3.63) is 83.9 Å². The number of hydrogen-bond donors (Lipinski definition) is 3. The highest BCUT2D eigenvalue weighted by atomic mass is 16.2. The first-order chi connectivity index (χ1) is 15.2. The lowest BCUT2D eigenvalue weighted by molar-refractivity contribution is 0.0838. The van der Waals surface area contributed by atoms with Crippen molar-refractivity contribution in [2.24, 2.45) is 0 Å². The molecule has 3 N–H and O–H groups in total. The quantitative estimate of drug-likeness (QED) is 0.435. The topological polar surface area (TPSA) is 118 Å². The van der Waals surface area contributed by atoms with Crippen molar-refractivity contribution in [2.75, 3.05) is 0 Å². The number of carbonyl (C=O) groups is 2. The van der Waals surface area contributed by atoms with E-state index in [1.807, 2.05) is 60.7 Å². The van der Waals surface area contributed by atoms with Gasteiger partial charge in [0, 0.05) is 17.2 Å². The van der Waals surface area contributed by atoms with Gasteiger partial charge in [0.1, 0.15) is 0 Å². The van der Waals surface area contributed by atoms with Crippen LogP contribution >= 0.6 is 0 Å². The van der Waals surface area contributed by atoms with Crippen LogP contribution in [0, 0.1) is 0 Å². The highest BCUT2D eigenvalue weighted by molar-refractivity contribution is 5.96. The number of rotatable bonds is 5. The predicted octanol–water partition coefficient (Wildman–Crippen LogP) is 2.61. The minimum absolute atomic E-state index is 0.0660. The summed E-state index contributed by atoms with van der Waals surface area (Å²) in [6.07, 6.45) is 2.19. The SMILES string of the molecule is O=C(NNC(=O)c1nc(-c2ccccc2)n(-c2ccccc2)n1)c1cc(C2CC2)[nH]n1. The Morgan fingerprint density at radius 2 is 1.61 bits per heavy atom. The lowest BCUT2D eigenvalue weighted by Gasteiger charge is -2.05. The molecular formula is C22H19N7O2. The van der Waals surface area contributed by atoms with Crippen molar-refractivity contribution in [2.45, 2.75) is 18.8 Å². The molecule has 1 aliphatic rings.